The molecule has 0 unspecified atom stereocenters. The molecule has 0 radical (unpaired) electrons. The fourth-order valence-corrected chi connectivity index (χ4v) is 2.93. The third kappa shape index (κ3) is 4.08. The van der Waals surface area contributed by atoms with Gasteiger partial charge >= 0.3 is 5.91 Å². The van der Waals surface area contributed by atoms with Crippen LogP contribution in [0, 0.1) is 0 Å². The Kier molecular flexibility index (Phi) is 4.94. The molecule has 2 amide bonds. The molecule has 4 aromatic rings. The Balaban J connectivity index is 1.44. The maximum absolute atomic E-state index is 12.4. The Morgan fingerprint density at radius 3 is 2.62 bits per heavy atom. The summed E-state index contributed by atoms with van der Waals surface area (Å²) in [5, 5.41) is 6.93. The van der Waals surface area contributed by atoms with E-state index >= 15 is 0 Å². The molecule has 0 fully saturated rings. The van der Waals surface area contributed by atoms with E-state index in [-0.39, 0.29) is 12.4 Å². The number of carbonyl (C=O) groups excluding carboxylic acids is 2. The average molecular weight is 387 g/mol. The molecule has 29 heavy (non-hydrogen) atoms. The number of hydrogen-bond donors (Lipinski definition) is 2. The molecule has 3 N–H and O–H groups in total. The van der Waals surface area contributed by atoms with Gasteiger partial charge < -0.3 is 14.9 Å². The molecular weight excluding hydrogens is 370 g/mol. The summed E-state index contributed by atoms with van der Waals surface area (Å²) in [7, 11) is 0. The molecule has 1 heterocycles. The summed E-state index contributed by atoms with van der Waals surface area (Å²) in [6.07, 6.45) is 1.49. The number of nitrogens with one attached hydrogen (secondary N) is 1. The third-order valence-electron chi connectivity index (χ3n) is 4.29. The highest BCUT2D eigenvalue weighted by atomic mass is 16.5. The topological polar surface area (TPSA) is 107 Å². The summed E-state index contributed by atoms with van der Waals surface area (Å²) in [4.78, 5) is 23.1. The van der Waals surface area contributed by atoms with Crippen molar-refractivity contribution >= 4 is 39.8 Å². The molecule has 7 nitrogen and oxygen atoms in total. The van der Waals surface area contributed by atoms with E-state index in [0.29, 0.717) is 11.3 Å². The van der Waals surface area contributed by atoms with E-state index < -0.39 is 11.8 Å². The first-order valence-electron chi connectivity index (χ1n) is 8.86. The minimum atomic E-state index is -0.545. The van der Waals surface area contributed by atoms with Crippen molar-refractivity contribution in [3.8, 4) is 5.75 Å². The number of carbonyl (C=O) groups is 2. The van der Waals surface area contributed by atoms with Crippen molar-refractivity contribution in [3.63, 3.8) is 0 Å². The zero-order chi connectivity index (χ0) is 20.2. The second-order valence-electron chi connectivity index (χ2n) is 6.33. The summed E-state index contributed by atoms with van der Waals surface area (Å²) in [5.74, 6) is -0.289. The third-order valence-corrected chi connectivity index (χ3v) is 4.29. The molecular formula is C22H17N3O4. The number of ether oxygens (including phenoxy) is 1. The van der Waals surface area contributed by atoms with Crippen molar-refractivity contribution in [1.82, 2.24) is 5.43 Å². The second-order valence-corrected chi connectivity index (χ2v) is 6.33. The number of rotatable bonds is 6. The maximum atomic E-state index is 12.4. The Bertz CT molecular complexity index is 1230. The second kappa shape index (κ2) is 7.85. The SMILES string of the molecule is NC(=O)COc1ccc(/C=N/NC(=O)c2cc3c(ccc4ccccc43)o2)cc1. The smallest absolute Gasteiger partial charge is 0.307 e. The number of hydrogen-bond acceptors (Lipinski definition) is 5. The number of amides is 2. The van der Waals surface area contributed by atoms with Gasteiger partial charge in [-0.1, -0.05) is 30.3 Å². The molecule has 0 atom stereocenters. The van der Waals surface area contributed by atoms with Crippen LogP contribution in [-0.4, -0.2) is 24.6 Å². The van der Waals surface area contributed by atoms with Gasteiger partial charge in [-0.25, -0.2) is 5.43 Å². The van der Waals surface area contributed by atoms with Gasteiger partial charge in [0.05, 0.1) is 6.21 Å². The maximum Gasteiger partial charge on any atom is 0.307 e. The van der Waals surface area contributed by atoms with Gasteiger partial charge in [-0.3, -0.25) is 9.59 Å². The van der Waals surface area contributed by atoms with Crippen molar-refractivity contribution < 1.29 is 18.7 Å². The van der Waals surface area contributed by atoms with Crippen molar-refractivity contribution in [2.24, 2.45) is 10.8 Å². The van der Waals surface area contributed by atoms with E-state index in [9.17, 15) is 9.59 Å². The lowest BCUT2D eigenvalue weighted by atomic mass is 10.1. The summed E-state index contributed by atoms with van der Waals surface area (Å²) in [6.45, 7) is -0.184. The fourth-order valence-electron chi connectivity index (χ4n) is 2.93. The highest BCUT2D eigenvalue weighted by molar-refractivity contribution is 6.08. The largest absolute Gasteiger partial charge is 0.484 e. The monoisotopic (exact) mass is 387 g/mol. The first-order chi connectivity index (χ1) is 14.1. The quantitative estimate of drug-likeness (QED) is 0.391. The van der Waals surface area contributed by atoms with Gasteiger partial charge in [-0.05, 0) is 52.7 Å². The predicted molar refractivity (Wildman–Crippen MR) is 110 cm³/mol. The molecule has 7 heteroatoms. The van der Waals surface area contributed by atoms with Crippen LogP contribution in [-0.2, 0) is 4.79 Å². The van der Waals surface area contributed by atoms with Crippen LogP contribution in [0.4, 0.5) is 0 Å². The fraction of sp³-hybridized carbons (Fsp3) is 0.0455. The summed E-state index contributed by atoms with van der Waals surface area (Å²) in [6, 6.07) is 20.3. The highest BCUT2D eigenvalue weighted by Gasteiger charge is 2.13. The van der Waals surface area contributed by atoms with Gasteiger partial charge in [-0.15, -0.1) is 0 Å². The molecule has 3 aromatic carbocycles. The van der Waals surface area contributed by atoms with Gasteiger partial charge in [0.25, 0.3) is 5.91 Å². The average Bonchev–Trinajstić information content (AvgIpc) is 3.18. The standard InChI is InChI=1S/C22H17N3O4/c23-21(26)13-28-16-8-5-14(6-9-16)12-24-25-22(27)20-11-18-17-4-2-1-3-15(17)7-10-19(18)29-20/h1-12H,13H2,(H2,23,26)(H,25,27)/b24-12+. The van der Waals surface area contributed by atoms with Gasteiger partial charge in [0.15, 0.2) is 12.4 Å². The van der Waals surface area contributed by atoms with Gasteiger partial charge in [0.1, 0.15) is 11.3 Å². The number of fused-ring (bicyclic) bond motifs is 3. The van der Waals surface area contributed by atoms with Crippen LogP contribution in [0.5, 0.6) is 5.75 Å². The lowest BCUT2D eigenvalue weighted by Crippen LogP contribution is -2.20. The summed E-state index contributed by atoms with van der Waals surface area (Å²) >= 11 is 0. The van der Waals surface area contributed by atoms with Crippen LogP contribution in [0.3, 0.4) is 0 Å². The van der Waals surface area contributed by atoms with Gasteiger partial charge in [0, 0.05) is 5.39 Å². The normalized spacial score (nSPS) is 11.2. The van der Waals surface area contributed by atoms with Gasteiger partial charge in [0.2, 0.25) is 0 Å². The lowest BCUT2D eigenvalue weighted by Gasteiger charge is -2.03. The number of primary amides is 1. The van der Waals surface area contributed by atoms with Gasteiger partial charge in [-0.2, -0.15) is 5.10 Å². The minimum absolute atomic E-state index is 0.184. The molecule has 4 rings (SSSR count). The summed E-state index contributed by atoms with van der Waals surface area (Å²) < 4.78 is 10.8. The van der Waals surface area contributed by atoms with Crippen LogP contribution in [0.15, 0.2) is 76.2 Å². The summed E-state index contributed by atoms with van der Waals surface area (Å²) in [5.41, 5.74) is 8.87. The first kappa shape index (κ1) is 18.2. The van der Waals surface area contributed by atoms with Crippen LogP contribution >= 0.6 is 0 Å². The molecule has 0 aliphatic rings. The Hall–Kier alpha value is -4.13. The predicted octanol–water partition coefficient (Wildman–Crippen LogP) is 3.21. The molecule has 0 saturated carbocycles. The van der Waals surface area contributed by atoms with E-state index in [0.717, 1.165) is 21.7 Å². The zero-order valence-electron chi connectivity index (χ0n) is 15.3. The van der Waals surface area contributed by atoms with E-state index in [1.165, 1.54) is 6.21 Å². The number of furan rings is 1. The van der Waals surface area contributed by atoms with E-state index in [1.807, 2.05) is 36.4 Å². The molecule has 0 aliphatic heterocycles. The number of benzene rings is 3. The van der Waals surface area contributed by atoms with Crippen LogP contribution in [0.2, 0.25) is 0 Å². The van der Waals surface area contributed by atoms with Crippen molar-refractivity contribution in [2.45, 2.75) is 0 Å². The lowest BCUT2D eigenvalue weighted by molar-refractivity contribution is -0.119. The van der Waals surface area contributed by atoms with E-state index in [1.54, 1.807) is 30.3 Å². The Morgan fingerprint density at radius 1 is 1.03 bits per heavy atom. The Morgan fingerprint density at radius 2 is 1.83 bits per heavy atom. The molecule has 0 saturated heterocycles. The molecule has 0 spiro atoms. The van der Waals surface area contributed by atoms with Crippen molar-refractivity contribution in [1.29, 1.82) is 0 Å². The van der Waals surface area contributed by atoms with Crippen LogP contribution in [0.1, 0.15) is 16.1 Å². The first-order valence-corrected chi connectivity index (χ1v) is 8.86. The van der Waals surface area contributed by atoms with Crippen molar-refractivity contribution in [2.75, 3.05) is 6.61 Å². The minimum Gasteiger partial charge on any atom is -0.484 e. The molecule has 0 aliphatic carbocycles. The highest BCUT2D eigenvalue weighted by Crippen LogP contribution is 2.28. The van der Waals surface area contributed by atoms with E-state index in [2.05, 4.69) is 10.5 Å². The Labute approximate surface area is 165 Å². The number of nitrogens with zero attached hydrogens (tertiary/aromatic N) is 1. The van der Waals surface area contributed by atoms with Crippen LogP contribution < -0.4 is 15.9 Å². The van der Waals surface area contributed by atoms with Crippen LogP contribution in [0.25, 0.3) is 21.7 Å². The molecule has 0 bridgehead atoms. The molecule has 144 valence electrons. The van der Waals surface area contributed by atoms with Crippen molar-refractivity contribution in [3.05, 3.63) is 78.1 Å². The molecule has 1 aromatic heterocycles. The van der Waals surface area contributed by atoms with E-state index in [4.69, 9.17) is 14.9 Å². The number of hydrazone groups is 1. The zero-order valence-corrected chi connectivity index (χ0v) is 15.3. The number of nitrogens with two attached hydrogens (primary N) is 1.